The summed E-state index contributed by atoms with van der Waals surface area (Å²) in [7, 11) is 1.73. The van der Waals surface area contributed by atoms with E-state index >= 15 is 0 Å². The first-order valence-corrected chi connectivity index (χ1v) is 9.99. The number of anilines is 2. The third-order valence-electron chi connectivity index (χ3n) is 5.59. The van der Waals surface area contributed by atoms with Crippen LogP contribution in [0.1, 0.15) is 47.8 Å². The standard InChI is InChI=1S/C19H25N7O3.ClH/c1-24-19(21-17(23-24)13-6-8-20-9-7-13)22-18(27)14-4-5-15(16(12-14)26(28)29)25-10-2-3-11-25;/h4-5,12-13,20H,2-3,6-11H2,1H3,(H,21,22,23,27);1H. The Morgan fingerprint density at radius 3 is 2.63 bits per heavy atom. The highest BCUT2D eigenvalue weighted by Gasteiger charge is 2.25. The van der Waals surface area contributed by atoms with Crippen LogP contribution in [0, 0.1) is 10.1 Å². The van der Waals surface area contributed by atoms with Crippen LogP contribution in [0.4, 0.5) is 17.3 Å². The van der Waals surface area contributed by atoms with E-state index in [2.05, 4.69) is 20.7 Å². The van der Waals surface area contributed by atoms with Gasteiger partial charge in [0.15, 0.2) is 5.82 Å². The molecule has 0 bridgehead atoms. The summed E-state index contributed by atoms with van der Waals surface area (Å²) in [6, 6.07) is 4.63. The molecule has 2 fully saturated rings. The van der Waals surface area contributed by atoms with Gasteiger partial charge >= 0.3 is 0 Å². The predicted octanol–water partition coefficient (Wildman–Crippen LogP) is 2.46. The van der Waals surface area contributed by atoms with E-state index in [-0.39, 0.29) is 29.6 Å². The van der Waals surface area contributed by atoms with E-state index in [1.165, 1.54) is 6.07 Å². The van der Waals surface area contributed by atoms with E-state index in [1.807, 2.05) is 4.90 Å². The van der Waals surface area contributed by atoms with Crippen molar-refractivity contribution in [3.8, 4) is 0 Å². The predicted molar refractivity (Wildman–Crippen MR) is 116 cm³/mol. The van der Waals surface area contributed by atoms with Crippen LogP contribution < -0.4 is 15.5 Å². The summed E-state index contributed by atoms with van der Waals surface area (Å²) in [5.74, 6) is 0.900. The first kappa shape index (κ1) is 22.0. The maximum absolute atomic E-state index is 12.7. The molecule has 4 rings (SSSR count). The van der Waals surface area contributed by atoms with Crippen LogP contribution in [0.2, 0.25) is 0 Å². The fraction of sp³-hybridized carbons (Fsp3) is 0.526. The molecule has 1 amide bonds. The molecule has 1 aromatic heterocycles. The van der Waals surface area contributed by atoms with Gasteiger partial charge in [0.2, 0.25) is 5.95 Å². The monoisotopic (exact) mass is 435 g/mol. The number of amides is 1. The van der Waals surface area contributed by atoms with Gasteiger partial charge in [0.05, 0.1) is 4.92 Å². The number of nitro benzene ring substituents is 1. The van der Waals surface area contributed by atoms with Crippen molar-refractivity contribution in [3.63, 3.8) is 0 Å². The van der Waals surface area contributed by atoms with Gasteiger partial charge in [-0.05, 0) is 50.9 Å². The quantitative estimate of drug-likeness (QED) is 0.547. The van der Waals surface area contributed by atoms with Gasteiger partial charge in [0.25, 0.3) is 11.6 Å². The molecule has 2 saturated heterocycles. The number of carbonyl (C=O) groups excluding carboxylic acids is 1. The largest absolute Gasteiger partial charge is 0.366 e. The molecular weight excluding hydrogens is 410 g/mol. The van der Waals surface area contributed by atoms with Gasteiger partial charge < -0.3 is 10.2 Å². The van der Waals surface area contributed by atoms with Crippen LogP contribution in [0.25, 0.3) is 0 Å². The minimum absolute atomic E-state index is 0. The zero-order chi connectivity index (χ0) is 20.4. The molecule has 0 spiro atoms. The first-order valence-electron chi connectivity index (χ1n) is 9.99. The van der Waals surface area contributed by atoms with Crippen molar-refractivity contribution >= 4 is 35.6 Å². The summed E-state index contributed by atoms with van der Waals surface area (Å²) in [6.45, 7) is 3.45. The maximum Gasteiger partial charge on any atom is 0.293 e. The minimum Gasteiger partial charge on any atom is -0.366 e. The Morgan fingerprint density at radius 1 is 1.27 bits per heavy atom. The molecule has 2 aliphatic heterocycles. The van der Waals surface area contributed by atoms with E-state index in [4.69, 9.17) is 0 Å². The maximum atomic E-state index is 12.7. The molecule has 0 radical (unpaired) electrons. The number of nitrogens with one attached hydrogen (secondary N) is 2. The molecule has 11 heteroatoms. The number of aromatic nitrogens is 3. The smallest absolute Gasteiger partial charge is 0.293 e. The van der Waals surface area contributed by atoms with Gasteiger partial charge in [-0.3, -0.25) is 20.2 Å². The fourth-order valence-corrected chi connectivity index (χ4v) is 3.98. The number of aryl methyl sites for hydroxylation is 1. The highest BCUT2D eigenvalue weighted by Crippen LogP contribution is 2.32. The lowest BCUT2D eigenvalue weighted by molar-refractivity contribution is -0.384. The Hall–Kier alpha value is -2.72. The summed E-state index contributed by atoms with van der Waals surface area (Å²) in [6.07, 6.45) is 3.96. The third-order valence-corrected chi connectivity index (χ3v) is 5.59. The molecule has 1 aromatic carbocycles. The van der Waals surface area contributed by atoms with Gasteiger partial charge in [-0.1, -0.05) is 0 Å². The lowest BCUT2D eigenvalue weighted by Crippen LogP contribution is -2.27. The van der Waals surface area contributed by atoms with Gasteiger partial charge in [0.1, 0.15) is 5.69 Å². The van der Waals surface area contributed by atoms with Crippen LogP contribution >= 0.6 is 12.4 Å². The Kier molecular flexibility index (Phi) is 6.88. The lowest BCUT2D eigenvalue weighted by atomic mass is 9.98. The van der Waals surface area contributed by atoms with E-state index in [1.54, 1.807) is 23.9 Å². The fourth-order valence-electron chi connectivity index (χ4n) is 3.98. The molecule has 162 valence electrons. The minimum atomic E-state index is -0.437. The zero-order valence-corrected chi connectivity index (χ0v) is 17.7. The topological polar surface area (TPSA) is 118 Å². The van der Waals surface area contributed by atoms with Crippen LogP contribution in [0.15, 0.2) is 18.2 Å². The summed E-state index contributed by atoms with van der Waals surface area (Å²) in [5.41, 5.74) is 0.745. The Bertz CT molecular complexity index is 921. The number of carbonyl (C=O) groups is 1. The normalized spacial score (nSPS) is 16.9. The number of piperidine rings is 1. The summed E-state index contributed by atoms with van der Waals surface area (Å²) >= 11 is 0. The van der Waals surface area contributed by atoms with Crippen LogP contribution in [0.3, 0.4) is 0 Å². The number of nitrogens with zero attached hydrogens (tertiary/aromatic N) is 5. The Balaban J connectivity index is 0.00000256. The number of hydrogen-bond acceptors (Lipinski definition) is 7. The zero-order valence-electron chi connectivity index (χ0n) is 16.8. The van der Waals surface area contributed by atoms with Crippen molar-refractivity contribution in [1.29, 1.82) is 0 Å². The molecule has 3 heterocycles. The van der Waals surface area contributed by atoms with Crippen molar-refractivity contribution in [2.24, 2.45) is 7.05 Å². The highest BCUT2D eigenvalue weighted by atomic mass is 35.5. The Morgan fingerprint density at radius 2 is 1.97 bits per heavy atom. The second-order valence-corrected chi connectivity index (χ2v) is 7.55. The summed E-state index contributed by atoms with van der Waals surface area (Å²) < 4.78 is 1.54. The van der Waals surface area contributed by atoms with E-state index in [0.717, 1.165) is 57.7 Å². The number of hydrogen-bond donors (Lipinski definition) is 2. The van der Waals surface area contributed by atoms with Crippen LogP contribution in [-0.2, 0) is 7.05 Å². The molecule has 2 N–H and O–H groups in total. The number of rotatable bonds is 5. The second-order valence-electron chi connectivity index (χ2n) is 7.55. The van der Waals surface area contributed by atoms with E-state index in [0.29, 0.717) is 11.6 Å². The van der Waals surface area contributed by atoms with Crippen LogP contribution in [-0.4, -0.2) is 51.8 Å². The number of benzene rings is 1. The van der Waals surface area contributed by atoms with Gasteiger partial charge in [-0.15, -0.1) is 12.4 Å². The average Bonchev–Trinajstić information content (AvgIpc) is 3.38. The SMILES string of the molecule is Cl.Cn1nc(C2CCNCC2)nc1NC(=O)c1ccc(N2CCCC2)c([N+](=O)[O-])c1. The first-order chi connectivity index (χ1) is 14.0. The van der Waals surface area contributed by atoms with Crippen molar-refractivity contribution < 1.29 is 9.72 Å². The molecule has 0 unspecified atom stereocenters. The molecule has 30 heavy (non-hydrogen) atoms. The van der Waals surface area contributed by atoms with Gasteiger partial charge in [-0.2, -0.15) is 10.1 Å². The molecule has 0 aliphatic carbocycles. The summed E-state index contributed by atoms with van der Waals surface area (Å²) in [5, 5.41) is 22.0. The molecule has 10 nitrogen and oxygen atoms in total. The van der Waals surface area contributed by atoms with E-state index in [9.17, 15) is 14.9 Å². The average molecular weight is 436 g/mol. The number of nitro groups is 1. The van der Waals surface area contributed by atoms with Crippen LogP contribution in [0.5, 0.6) is 0 Å². The van der Waals surface area contributed by atoms with Gasteiger partial charge in [0, 0.05) is 37.7 Å². The molecule has 0 saturated carbocycles. The number of halogens is 1. The van der Waals surface area contributed by atoms with Crippen molar-refractivity contribution in [2.45, 2.75) is 31.6 Å². The second kappa shape index (κ2) is 9.40. The molecule has 0 atom stereocenters. The van der Waals surface area contributed by atoms with Crippen molar-refractivity contribution in [1.82, 2.24) is 20.1 Å². The van der Waals surface area contributed by atoms with Crippen molar-refractivity contribution in [3.05, 3.63) is 39.7 Å². The molecule has 2 aliphatic rings. The summed E-state index contributed by atoms with van der Waals surface area (Å²) in [4.78, 5) is 30.3. The van der Waals surface area contributed by atoms with Gasteiger partial charge in [-0.25, -0.2) is 4.68 Å². The Labute approximate surface area is 180 Å². The molecular formula is C19H26ClN7O3. The molecule has 2 aromatic rings. The third kappa shape index (κ3) is 4.54. The van der Waals surface area contributed by atoms with E-state index < -0.39 is 10.8 Å². The van der Waals surface area contributed by atoms with Crippen molar-refractivity contribution in [2.75, 3.05) is 36.4 Å². The lowest BCUT2D eigenvalue weighted by Gasteiger charge is -2.19. The highest BCUT2D eigenvalue weighted by molar-refractivity contribution is 6.04.